The Hall–Kier alpha value is -2.04. The van der Waals surface area contributed by atoms with Crippen LogP contribution in [0.4, 0.5) is 5.69 Å². The predicted octanol–water partition coefficient (Wildman–Crippen LogP) is 3.44. The van der Waals surface area contributed by atoms with Gasteiger partial charge in [-0.15, -0.1) is 0 Å². The van der Waals surface area contributed by atoms with E-state index in [1.807, 2.05) is 13.1 Å². The van der Waals surface area contributed by atoms with Crippen LogP contribution in [0, 0.1) is 0 Å². The molecule has 0 aromatic heterocycles. The number of benzene rings is 2. The number of hydrogen-bond donors (Lipinski definition) is 1. The Labute approximate surface area is 132 Å². The van der Waals surface area contributed by atoms with Crippen molar-refractivity contribution in [3.63, 3.8) is 0 Å². The second-order valence-electron chi connectivity index (χ2n) is 5.41. The smallest absolute Gasteiger partial charge is 0.188 e. The third-order valence-electron chi connectivity index (χ3n) is 3.40. The van der Waals surface area contributed by atoms with Crippen molar-refractivity contribution in [2.75, 3.05) is 40.4 Å². The average Bonchev–Trinajstić information content (AvgIpc) is 2.52. The molecule has 1 N–H and O–H groups in total. The van der Waals surface area contributed by atoms with Gasteiger partial charge >= 0.3 is 0 Å². The number of rotatable bonds is 7. The molecule has 0 aliphatic carbocycles. The Bertz CT molecular complexity index is 612. The van der Waals surface area contributed by atoms with E-state index >= 15 is 0 Å². The summed E-state index contributed by atoms with van der Waals surface area (Å²) in [5.41, 5.74) is 4.55. The third kappa shape index (κ3) is 4.00. The Kier molecular flexibility index (Phi) is 5.81. The van der Waals surface area contributed by atoms with E-state index < -0.39 is 0 Å². The standard InChI is InChI=1S/C18H24N2O2/c1-19-15-9-10-17(18(11-15)22-13-21-4)16-8-6-5-7-14(16)12-20(2)3/h5-11,19H,12-13H2,1-4H3. The molecule has 0 unspecified atom stereocenters. The molecule has 0 bridgehead atoms. The largest absolute Gasteiger partial charge is 0.467 e. The van der Waals surface area contributed by atoms with Crippen LogP contribution in [-0.2, 0) is 11.3 Å². The van der Waals surface area contributed by atoms with E-state index in [9.17, 15) is 0 Å². The highest BCUT2D eigenvalue weighted by Crippen LogP contribution is 2.35. The van der Waals surface area contributed by atoms with Crippen LogP contribution in [0.3, 0.4) is 0 Å². The summed E-state index contributed by atoms with van der Waals surface area (Å²) in [5.74, 6) is 0.819. The van der Waals surface area contributed by atoms with Crippen molar-refractivity contribution in [3.05, 3.63) is 48.0 Å². The molecule has 0 atom stereocenters. The van der Waals surface area contributed by atoms with Crippen LogP contribution < -0.4 is 10.1 Å². The number of ether oxygens (including phenoxy) is 2. The molecule has 0 spiro atoms. The first-order chi connectivity index (χ1) is 10.7. The van der Waals surface area contributed by atoms with Crippen molar-refractivity contribution in [2.45, 2.75) is 6.54 Å². The Morgan fingerprint density at radius 1 is 1.05 bits per heavy atom. The maximum absolute atomic E-state index is 5.77. The number of nitrogens with zero attached hydrogens (tertiary/aromatic N) is 1. The van der Waals surface area contributed by atoms with Gasteiger partial charge in [0.05, 0.1) is 0 Å². The molecule has 0 heterocycles. The molecule has 2 rings (SSSR count). The van der Waals surface area contributed by atoms with Crippen LogP contribution in [0.15, 0.2) is 42.5 Å². The Morgan fingerprint density at radius 3 is 2.50 bits per heavy atom. The van der Waals surface area contributed by atoms with Crippen molar-refractivity contribution < 1.29 is 9.47 Å². The highest BCUT2D eigenvalue weighted by atomic mass is 16.7. The maximum Gasteiger partial charge on any atom is 0.188 e. The lowest BCUT2D eigenvalue weighted by Gasteiger charge is -2.17. The average molecular weight is 300 g/mol. The Morgan fingerprint density at radius 2 is 1.82 bits per heavy atom. The first-order valence-corrected chi connectivity index (χ1v) is 7.32. The highest BCUT2D eigenvalue weighted by molar-refractivity contribution is 5.75. The van der Waals surface area contributed by atoms with Gasteiger partial charge in [0.2, 0.25) is 0 Å². The summed E-state index contributed by atoms with van der Waals surface area (Å²) in [5, 5.41) is 3.14. The number of nitrogens with one attached hydrogen (secondary N) is 1. The van der Waals surface area contributed by atoms with Crippen LogP contribution >= 0.6 is 0 Å². The molecule has 2 aromatic carbocycles. The SMILES string of the molecule is CNc1ccc(-c2ccccc2CN(C)C)c(OCOC)c1. The van der Waals surface area contributed by atoms with E-state index in [1.54, 1.807) is 7.11 Å². The van der Waals surface area contributed by atoms with Crippen molar-refractivity contribution in [1.82, 2.24) is 4.90 Å². The number of methoxy groups -OCH3 is 1. The van der Waals surface area contributed by atoms with E-state index in [4.69, 9.17) is 9.47 Å². The molecule has 2 aromatic rings. The lowest BCUT2D eigenvalue weighted by molar-refractivity contribution is 0.0516. The van der Waals surface area contributed by atoms with Gasteiger partial charge < -0.3 is 19.7 Å². The quantitative estimate of drug-likeness (QED) is 0.794. The fourth-order valence-electron chi connectivity index (χ4n) is 2.40. The third-order valence-corrected chi connectivity index (χ3v) is 3.40. The molecule has 0 aliphatic rings. The highest BCUT2D eigenvalue weighted by Gasteiger charge is 2.12. The molecule has 4 nitrogen and oxygen atoms in total. The zero-order valence-electron chi connectivity index (χ0n) is 13.7. The van der Waals surface area contributed by atoms with E-state index in [2.05, 4.69) is 60.7 Å². The molecule has 22 heavy (non-hydrogen) atoms. The summed E-state index contributed by atoms with van der Waals surface area (Å²) >= 11 is 0. The van der Waals surface area contributed by atoms with Gasteiger partial charge in [-0.3, -0.25) is 0 Å². The van der Waals surface area contributed by atoms with Crippen LogP contribution in [0.2, 0.25) is 0 Å². The van der Waals surface area contributed by atoms with E-state index in [0.29, 0.717) is 0 Å². The van der Waals surface area contributed by atoms with Gasteiger partial charge in [0, 0.05) is 38.0 Å². The predicted molar refractivity (Wildman–Crippen MR) is 91.3 cm³/mol. The fraction of sp³-hybridized carbons (Fsp3) is 0.333. The lowest BCUT2D eigenvalue weighted by atomic mass is 9.98. The molecule has 0 amide bonds. The summed E-state index contributed by atoms with van der Waals surface area (Å²) in [6.07, 6.45) is 0. The summed E-state index contributed by atoms with van der Waals surface area (Å²) in [7, 11) is 7.67. The molecular weight excluding hydrogens is 276 g/mol. The van der Waals surface area contributed by atoms with Gasteiger partial charge in [0.25, 0.3) is 0 Å². The minimum absolute atomic E-state index is 0.232. The normalized spacial score (nSPS) is 10.8. The first kappa shape index (κ1) is 16.3. The molecule has 4 heteroatoms. The van der Waals surface area contributed by atoms with Gasteiger partial charge in [-0.25, -0.2) is 0 Å². The summed E-state index contributed by atoms with van der Waals surface area (Å²) in [6.45, 7) is 1.11. The molecule has 0 aliphatic heterocycles. The van der Waals surface area contributed by atoms with Crippen LogP contribution in [0.5, 0.6) is 5.75 Å². The monoisotopic (exact) mass is 300 g/mol. The Balaban J connectivity index is 2.47. The minimum atomic E-state index is 0.232. The molecule has 118 valence electrons. The van der Waals surface area contributed by atoms with E-state index in [-0.39, 0.29) is 6.79 Å². The maximum atomic E-state index is 5.77. The molecular formula is C18H24N2O2. The molecule has 0 radical (unpaired) electrons. The first-order valence-electron chi connectivity index (χ1n) is 7.32. The molecule has 0 saturated carbocycles. The van der Waals surface area contributed by atoms with Crippen molar-refractivity contribution in [3.8, 4) is 16.9 Å². The topological polar surface area (TPSA) is 33.7 Å². The van der Waals surface area contributed by atoms with Gasteiger partial charge in [0.15, 0.2) is 6.79 Å². The van der Waals surface area contributed by atoms with Crippen LogP contribution in [-0.4, -0.2) is 39.9 Å². The molecule has 0 saturated heterocycles. The van der Waals surface area contributed by atoms with Crippen molar-refractivity contribution in [1.29, 1.82) is 0 Å². The fourth-order valence-corrected chi connectivity index (χ4v) is 2.40. The summed E-state index contributed by atoms with van der Waals surface area (Å²) < 4.78 is 10.8. The summed E-state index contributed by atoms with van der Waals surface area (Å²) in [6, 6.07) is 14.6. The lowest BCUT2D eigenvalue weighted by Crippen LogP contribution is -2.11. The number of hydrogen-bond acceptors (Lipinski definition) is 4. The molecule has 0 fully saturated rings. The number of anilines is 1. The second kappa shape index (κ2) is 7.82. The van der Waals surface area contributed by atoms with Gasteiger partial charge in [0.1, 0.15) is 5.75 Å². The van der Waals surface area contributed by atoms with E-state index in [1.165, 1.54) is 11.1 Å². The van der Waals surface area contributed by atoms with Gasteiger partial charge in [-0.05, 0) is 37.4 Å². The van der Waals surface area contributed by atoms with Gasteiger partial charge in [-0.1, -0.05) is 24.3 Å². The van der Waals surface area contributed by atoms with Gasteiger partial charge in [-0.2, -0.15) is 0 Å². The van der Waals surface area contributed by atoms with Crippen LogP contribution in [0.25, 0.3) is 11.1 Å². The zero-order chi connectivity index (χ0) is 15.9. The van der Waals surface area contributed by atoms with Crippen molar-refractivity contribution in [2.24, 2.45) is 0 Å². The van der Waals surface area contributed by atoms with Crippen molar-refractivity contribution >= 4 is 5.69 Å². The van der Waals surface area contributed by atoms with E-state index in [0.717, 1.165) is 23.5 Å². The second-order valence-corrected chi connectivity index (χ2v) is 5.41. The minimum Gasteiger partial charge on any atom is -0.467 e. The summed E-state index contributed by atoms with van der Waals surface area (Å²) in [4.78, 5) is 2.16. The zero-order valence-corrected chi connectivity index (χ0v) is 13.7. The van der Waals surface area contributed by atoms with Crippen LogP contribution in [0.1, 0.15) is 5.56 Å².